The molecular weight excluding hydrogens is 266 g/mol. The van der Waals surface area contributed by atoms with Gasteiger partial charge in [-0.05, 0) is 49.3 Å². The van der Waals surface area contributed by atoms with Gasteiger partial charge in [-0.15, -0.1) is 11.3 Å². The highest BCUT2D eigenvalue weighted by Gasteiger charge is 2.28. The predicted octanol–water partition coefficient (Wildman–Crippen LogP) is 3.83. The Balaban J connectivity index is 1.70. The Morgan fingerprint density at radius 3 is 2.90 bits per heavy atom. The summed E-state index contributed by atoms with van der Waals surface area (Å²) >= 11 is 1.77. The summed E-state index contributed by atoms with van der Waals surface area (Å²) in [6.07, 6.45) is 5.71. The third-order valence-electron chi connectivity index (χ3n) is 4.42. The van der Waals surface area contributed by atoms with Gasteiger partial charge in [-0.3, -0.25) is 4.79 Å². The first-order valence-electron chi connectivity index (χ1n) is 7.33. The Kier molecular flexibility index (Phi) is 2.88. The molecule has 0 saturated carbocycles. The van der Waals surface area contributed by atoms with E-state index >= 15 is 0 Å². The molecule has 0 saturated heterocycles. The molecule has 20 heavy (non-hydrogen) atoms. The molecule has 0 fully saturated rings. The van der Waals surface area contributed by atoms with Crippen LogP contribution in [0.5, 0.6) is 0 Å². The Labute approximate surface area is 123 Å². The number of hydrogen-bond donors (Lipinski definition) is 0. The van der Waals surface area contributed by atoms with Crippen molar-refractivity contribution in [2.75, 3.05) is 11.4 Å². The van der Waals surface area contributed by atoms with Gasteiger partial charge in [-0.2, -0.15) is 0 Å². The van der Waals surface area contributed by atoms with Crippen LogP contribution < -0.4 is 4.90 Å². The zero-order chi connectivity index (χ0) is 13.5. The minimum Gasteiger partial charge on any atom is -0.308 e. The highest BCUT2D eigenvalue weighted by molar-refractivity contribution is 7.10. The number of anilines is 1. The number of carbonyl (C=O) groups excluding carboxylic acids is 1. The maximum absolute atomic E-state index is 12.9. The molecule has 2 nitrogen and oxygen atoms in total. The predicted molar refractivity (Wildman–Crippen MR) is 82.8 cm³/mol. The second kappa shape index (κ2) is 4.74. The molecule has 1 aliphatic heterocycles. The van der Waals surface area contributed by atoms with E-state index in [-0.39, 0.29) is 5.91 Å². The molecule has 2 aromatic rings. The lowest BCUT2D eigenvalue weighted by molar-refractivity contribution is 0.0988. The maximum atomic E-state index is 12.9. The van der Waals surface area contributed by atoms with Crippen LogP contribution in [0.3, 0.4) is 0 Å². The van der Waals surface area contributed by atoms with E-state index in [1.165, 1.54) is 28.8 Å². The first-order chi connectivity index (χ1) is 9.84. The molecule has 0 radical (unpaired) electrons. The fraction of sp³-hybridized carbons (Fsp3) is 0.353. The molecule has 1 amide bonds. The van der Waals surface area contributed by atoms with Crippen molar-refractivity contribution < 1.29 is 4.79 Å². The number of benzene rings is 1. The van der Waals surface area contributed by atoms with Crippen molar-refractivity contribution in [3.8, 4) is 0 Å². The van der Waals surface area contributed by atoms with Gasteiger partial charge in [0.2, 0.25) is 0 Å². The van der Waals surface area contributed by atoms with Gasteiger partial charge >= 0.3 is 0 Å². The van der Waals surface area contributed by atoms with Crippen LogP contribution in [0.15, 0.2) is 29.6 Å². The number of thiophene rings is 1. The molecule has 0 unspecified atom stereocenters. The van der Waals surface area contributed by atoms with Gasteiger partial charge in [0.15, 0.2) is 0 Å². The third kappa shape index (κ3) is 1.80. The van der Waals surface area contributed by atoms with Crippen molar-refractivity contribution in [2.45, 2.75) is 32.1 Å². The Bertz CT molecular complexity index is 673. The van der Waals surface area contributed by atoms with Gasteiger partial charge in [0.25, 0.3) is 5.91 Å². The number of hydrogen-bond acceptors (Lipinski definition) is 2. The van der Waals surface area contributed by atoms with E-state index in [2.05, 4.69) is 23.6 Å². The summed E-state index contributed by atoms with van der Waals surface area (Å²) in [5.41, 5.74) is 4.69. The first kappa shape index (κ1) is 12.2. The van der Waals surface area contributed by atoms with Crippen LogP contribution in [0.25, 0.3) is 0 Å². The molecule has 1 aliphatic carbocycles. The van der Waals surface area contributed by atoms with Gasteiger partial charge < -0.3 is 4.90 Å². The van der Waals surface area contributed by atoms with Crippen LogP contribution in [0, 0.1) is 0 Å². The molecule has 102 valence electrons. The number of amides is 1. The van der Waals surface area contributed by atoms with Crippen LogP contribution in [0.1, 0.15) is 39.2 Å². The minimum absolute atomic E-state index is 0.203. The van der Waals surface area contributed by atoms with Crippen LogP contribution in [-0.2, 0) is 19.3 Å². The van der Waals surface area contributed by atoms with E-state index in [0.717, 1.165) is 37.1 Å². The number of fused-ring (bicyclic) bond motifs is 2. The number of nitrogens with zero attached hydrogens (tertiary/aromatic N) is 1. The van der Waals surface area contributed by atoms with Gasteiger partial charge in [0.05, 0.1) is 5.56 Å². The Morgan fingerprint density at radius 1 is 1.10 bits per heavy atom. The van der Waals surface area contributed by atoms with E-state index in [1.807, 2.05) is 11.0 Å². The maximum Gasteiger partial charge on any atom is 0.259 e. The zero-order valence-corrected chi connectivity index (χ0v) is 12.2. The summed E-state index contributed by atoms with van der Waals surface area (Å²) in [6.45, 7) is 0.822. The first-order valence-corrected chi connectivity index (χ1v) is 8.21. The average Bonchev–Trinajstić information content (AvgIpc) is 3.11. The van der Waals surface area contributed by atoms with Crippen molar-refractivity contribution in [3.63, 3.8) is 0 Å². The smallest absolute Gasteiger partial charge is 0.259 e. The standard InChI is InChI=1S/C17H17NOS/c19-17(14-11-20-16-8-4-2-6-13(14)16)18-10-9-12-5-1-3-7-15(12)18/h1,3,5,7,11H,2,4,6,8-10H2. The lowest BCUT2D eigenvalue weighted by atomic mass is 9.95. The lowest BCUT2D eigenvalue weighted by Crippen LogP contribution is -2.29. The third-order valence-corrected chi connectivity index (χ3v) is 5.51. The van der Waals surface area contributed by atoms with Crippen molar-refractivity contribution in [1.82, 2.24) is 0 Å². The molecule has 4 rings (SSSR count). The number of rotatable bonds is 1. The second-order valence-electron chi connectivity index (χ2n) is 5.59. The van der Waals surface area contributed by atoms with Gasteiger partial charge in [-0.1, -0.05) is 18.2 Å². The molecule has 0 spiro atoms. The van der Waals surface area contributed by atoms with Crippen molar-refractivity contribution in [2.24, 2.45) is 0 Å². The van der Waals surface area contributed by atoms with E-state index in [1.54, 1.807) is 11.3 Å². The topological polar surface area (TPSA) is 20.3 Å². The summed E-state index contributed by atoms with van der Waals surface area (Å²) < 4.78 is 0. The molecule has 0 atom stereocenters. The highest BCUT2D eigenvalue weighted by Crippen LogP contribution is 2.34. The summed E-state index contributed by atoms with van der Waals surface area (Å²) in [6, 6.07) is 8.28. The summed E-state index contributed by atoms with van der Waals surface area (Å²) in [5.74, 6) is 0.203. The Morgan fingerprint density at radius 2 is 1.95 bits per heavy atom. The van der Waals surface area contributed by atoms with Crippen molar-refractivity contribution >= 4 is 22.9 Å². The largest absolute Gasteiger partial charge is 0.308 e. The van der Waals surface area contributed by atoms with E-state index < -0.39 is 0 Å². The molecule has 0 bridgehead atoms. The average molecular weight is 283 g/mol. The molecule has 0 N–H and O–H groups in total. The van der Waals surface area contributed by atoms with Crippen molar-refractivity contribution in [3.05, 3.63) is 51.2 Å². The molecule has 1 aromatic carbocycles. The monoisotopic (exact) mass is 283 g/mol. The summed E-state index contributed by atoms with van der Waals surface area (Å²) in [7, 11) is 0. The fourth-order valence-corrected chi connectivity index (χ4v) is 4.49. The van der Waals surface area contributed by atoms with Crippen LogP contribution in [-0.4, -0.2) is 12.5 Å². The number of aryl methyl sites for hydroxylation is 1. The van der Waals surface area contributed by atoms with E-state index in [9.17, 15) is 4.79 Å². The Hall–Kier alpha value is -1.61. The zero-order valence-electron chi connectivity index (χ0n) is 11.4. The SMILES string of the molecule is O=C(c1csc2c1CCCC2)N1CCc2ccccc21. The van der Waals surface area contributed by atoms with Crippen molar-refractivity contribution in [1.29, 1.82) is 0 Å². The summed E-state index contributed by atoms with van der Waals surface area (Å²) in [4.78, 5) is 16.3. The normalized spacial score (nSPS) is 16.9. The fourth-order valence-electron chi connectivity index (χ4n) is 3.37. The van der Waals surface area contributed by atoms with Gasteiger partial charge in [0.1, 0.15) is 0 Å². The van der Waals surface area contributed by atoms with E-state index in [0.29, 0.717) is 0 Å². The lowest BCUT2D eigenvalue weighted by Gasteiger charge is -2.19. The minimum atomic E-state index is 0.203. The number of para-hydroxylation sites is 1. The molecule has 3 heteroatoms. The molecule has 2 heterocycles. The number of carbonyl (C=O) groups is 1. The van der Waals surface area contributed by atoms with Gasteiger partial charge in [0, 0.05) is 22.5 Å². The quantitative estimate of drug-likeness (QED) is 0.779. The van der Waals surface area contributed by atoms with Gasteiger partial charge in [-0.25, -0.2) is 0 Å². The summed E-state index contributed by atoms with van der Waals surface area (Å²) in [5, 5.41) is 2.08. The molecular formula is C17H17NOS. The highest BCUT2D eigenvalue weighted by atomic mass is 32.1. The van der Waals surface area contributed by atoms with Crippen LogP contribution in [0.4, 0.5) is 5.69 Å². The molecule has 1 aromatic heterocycles. The van der Waals surface area contributed by atoms with Crippen LogP contribution in [0.2, 0.25) is 0 Å². The molecule has 2 aliphatic rings. The second-order valence-corrected chi connectivity index (χ2v) is 6.56. The van der Waals surface area contributed by atoms with E-state index in [4.69, 9.17) is 0 Å². The van der Waals surface area contributed by atoms with Crippen LogP contribution >= 0.6 is 11.3 Å².